The van der Waals surface area contributed by atoms with Gasteiger partial charge in [-0.05, 0) is 54.8 Å². The number of benzene rings is 2. The monoisotopic (exact) mass is 241 g/mol. The minimum absolute atomic E-state index is 0. The van der Waals surface area contributed by atoms with Crippen molar-refractivity contribution in [1.82, 2.24) is 4.90 Å². The van der Waals surface area contributed by atoms with Crippen LogP contribution in [-0.2, 0) is 6.54 Å². The van der Waals surface area contributed by atoms with Crippen LogP contribution in [0.3, 0.4) is 0 Å². The molecular formula is C17H23N. The molecule has 1 saturated heterocycles. The number of aryl methyl sites for hydroxylation is 1. The fourth-order valence-electron chi connectivity index (χ4n) is 3.00. The average molecular weight is 241 g/mol. The minimum Gasteiger partial charge on any atom is -0.299 e. The second-order valence-electron chi connectivity index (χ2n) is 5.41. The van der Waals surface area contributed by atoms with Gasteiger partial charge in [0.25, 0.3) is 0 Å². The fraction of sp³-hybridized carbons (Fsp3) is 0.412. The molecule has 0 aliphatic carbocycles. The highest BCUT2D eigenvalue weighted by molar-refractivity contribution is 5.86. The summed E-state index contributed by atoms with van der Waals surface area (Å²) in [6.45, 7) is 5.93. The molecule has 2 aromatic carbocycles. The van der Waals surface area contributed by atoms with Gasteiger partial charge in [0, 0.05) is 7.97 Å². The second kappa shape index (κ2) is 5.11. The zero-order valence-corrected chi connectivity index (χ0v) is 11.2. The molecule has 3 rings (SSSR count). The molecule has 0 atom stereocenters. The maximum Gasteiger partial charge on any atom is 0.0236 e. The van der Waals surface area contributed by atoms with Crippen LogP contribution < -0.4 is 0 Å². The van der Waals surface area contributed by atoms with Gasteiger partial charge in [0.05, 0.1) is 0 Å². The van der Waals surface area contributed by atoms with E-state index in [4.69, 9.17) is 0 Å². The van der Waals surface area contributed by atoms with E-state index in [1.165, 1.54) is 54.3 Å². The third-order valence-corrected chi connectivity index (χ3v) is 4.15. The highest BCUT2D eigenvalue weighted by Crippen LogP contribution is 2.23. The van der Waals surface area contributed by atoms with E-state index in [9.17, 15) is 0 Å². The highest BCUT2D eigenvalue weighted by atomic mass is 15.1. The Morgan fingerprint density at radius 2 is 1.78 bits per heavy atom. The summed E-state index contributed by atoms with van der Waals surface area (Å²) in [5, 5.41) is 2.77. The van der Waals surface area contributed by atoms with Crippen molar-refractivity contribution in [2.45, 2.75) is 32.7 Å². The number of piperidine rings is 1. The van der Waals surface area contributed by atoms with Crippen LogP contribution in [0.15, 0.2) is 36.4 Å². The first-order chi connectivity index (χ1) is 8.84. The van der Waals surface area contributed by atoms with Gasteiger partial charge >= 0.3 is 0 Å². The lowest BCUT2D eigenvalue weighted by Crippen LogP contribution is -2.29. The van der Waals surface area contributed by atoms with E-state index < -0.39 is 0 Å². The van der Waals surface area contributed by atoms with Crippen LogP contribution in [-0.4, -0.2) is 18.0 Å². The van der Waals surface area contributed by atoms with Crippen LogP contribution in [0.1, 0.15) is 31.8 Å². The first-order valence-electron chi connectivity index (χ1n) is 7.04. The lowest BCUT2D eigenvalue weighted by Gasteiger charge is -2.27. The van der Waals surface area contributed by atoms with Crippen molar-refractivity contribution in [1.29, 1.82) is 0 Å². The lowest BCUT2D eigenvalue weighted by molar-refractivity contribution is 0.220. The summed E-state index contributed by atoms with van der Waals surface area (Å²) in [4.78, 5) is 2.60. The molecule has 1 aliphatic heterocycles. The van der Waals surface area contributed by atoms with Crippen molar-refractivity contribution in [2.75, 3.05) is 13.1 Å². The number of rotatable bonds is 2. The lowest BCUT2D eigenvalue weighted by atomic mass is 9.99. The van der Waals surface area contributed by atoms with Crippen LogP contribution in [0.2, 0.25) is 0 Å². The van der Waals surface area contributed by atoms with E-state index >= 15 is 0 Å². The molecule has 0 aromatic heterocycles. The molecule has 1 nitrogen and oxygen atoms in total. The predicted octanol–water partition coefficient (Wildman–Crippen LogP) is 4.38. The molecule has 1 heteroatoms. The molecule has 0 unspecified atom stereocenters. The summed E-state index contributed by atoms with van der Waals surface area (Å²) in [5.74, 6) is 0. The molecule has 1 heterocycles. The number of fused-ring (bicyclic) bond motifs is 1. The molecule has 0 spiro atoms. The van der Waals surface area contributed by atoms with E-state index in [1.807, 2.05) is 0 Å². The Labute approximate surface area is 111 Å². The van der Waals surface area contributed by atoms with Crippen LogP contribution in [0.4, 0.5) is 0 Å². The number of nitrogens with zero attached hydrogens (tertiary/aromatic N) is 1. The molecule has 1 fully saturated rings. The first kappa shape index (κ1) is 11.7. The van der Waals surface area contributed by atoms with Gasteiger partial charge in [0.15, 0.2) is 0 Å². The Morgan fingerprint density at radius 3 is 2.61 bits per heavy atom. The summed E-state index contributed by atoms with van der Waals surface area (Å²) in [5.41, 5.74) is 2.95. The second-order valence-corrected chi connectivity index (χ2v) is 5.41. The summed E-state index contributed by atoms with van der Waals surface area (Å²) >= 11 is 0. The summed E-state index contributed by atoms with van der Waals surface area (Å²) in [7, 11) is 0. The summed E-state index contributed by atoms with van der Waals surface area (Å²) in [6.07, 6.45) is 4.15. The van der Waals surface area contributed by atoms with Crippen LogP contribution in [0, 0.1) is 6.92 Å². The van der Waals surface area contributed by atoms with Crippen molar-refractivity contribution in [3.63, 3.8) is 0 Å². The highest BCUT2D eigenvalue weighted by Gasteiger charge is 2.12. The Kier molecular flexibility index (Phi) is 3.33. The van der Waals surface area contributed by atoms with E-state index in [0.29, 0.717) is 0 Å². The molecule has 2 aromatic rings. The molecule has 0 amide bonds. The van der Waals surface area contributed by atoms with Gasteiger partial charge in [-0.2, -0.15) is 0 Å². The quantitative estimate of drug-likeness (QED) is 0.754. The van der Waals surface area contributed by atoms with E-state index in [2.05, 4.69) is 48.2 Å². The standard InChI is InChI=1S/C17H21N.H2/c1-14-16(13-18-11-5-2-6-12-18)10-9-15-7-3-4-8-17(14)15;/h3-4,7-10H,2,5-6,11-13H2,1H3;1H. The molecular weight excluding hydrogens is 218 g/mol. The summed E-state index contributed by atoms with van der Waals surface area (Å²) in [6, 6.07) is 13.3. The van der Waals surface area contributed by atoms with Crippen LogP contribution >= 0.6 is 0 Å². The van der Waals surface area contributed by atoms with E-state index in [0.717, 1.165) is 6.54 Å². The minimum atomic E-state index is 0. The van der Waals surface area contributed by atoms with Crippen molar-refractivity contribution >= 4 is 10.8 Å². The average Bonchev–Trinajstić information content (AvgIpc) is 2.43. The molecule has 0 saturated carbocycles. The third kappa shape index (κ3) is 2.28. The number of hydrogen-bond acceptors (Lipinski definition) is 1. The van der Waals surface area contributed by atoms with Crippen LogP contribution in [0.25, 0.3) is 10.8 Å². The first-order valence-corrected chi connectivity index (χ1v) is 7.04. The van der Waals surface area contributed by atoms with Crippen molar-refractivity contribution < 1.29 is 1.43 Å². The topological polar surface area (TPSA) is 3.24 Å². The normalized spacial score (nSPS) is 17.2. The zero-order valence-electron chi connectivity index (χ0n) is 11.2. The van der Waals surface area contributed by atoms with Crippen LogP contribution in [0.5, 0.6) is 0 Å². The largest absolute Gasteiger partial charge is 0.299 e. The zero-order chi connectivity index (χ0) is 12.4. The van der Waals surface area contributed by atoms with Crippen molar-refractivity contribution in [3.05, 3.63) is 47.5 Å². The molecule has 0 bridgehead atoms. The van der Waals surface area contributed by atoms with Gasteiger partial charge in [-0.25, -0.2) is 0 Å². The van der Waals surface area contributed by atoms with Gasteiger partial charge in [-0.15, -0.1) is 0 Å². The van der Waals surface area contributed by atoms with E-state index in [1.54, 1.807) is 0 Å². The maximum atomic E-state index is 2.60. The van der Waals surface area contributed by atoms with Gasteiger partial charge in [0.2, 0.25) is 0 Å². The van der Waals surface area contributed by atoms with Gasteiger partial charge in [-0.1, -0.05) is 42.8 Å². The number of hydrogen-bond donors (Lipinski definition) is 0. The third-order valence-electron chi connectivity index (χ3n) is 4.15. The van der Waals surface area contributed by atoms with Gasteiger partial charge in [0.1, 0.15) is 0 Å². The SMILES string of the molecule is Cc1c(CN2CCCCC2)ccc2ccccc12.[HH]. The van der Waals surface area contributed by atoms with E-state index in [-0.39, 0.29) is 1.43 Å². The maximum absolute atomic E-state index is 2.60. The fourth-order valence-corrected chi connectivity index (χ4v) is 3.00. The predicted molar refractivity (Wildman–Crippen MR) is 79.9 cm³/mol. The summed E-state index contributed by atoms with van der Waals surface area (Å²) < 4.78 is 0. The van der Waals surface area contributed by atoms with Gasteiger partial charge < -0.3 is 0 Å². The molecule has 96 valence electrons. The van der Waals surface area contributed by atoms with Crippen molar-refractivity contribution in [2.24, 2.45) is 0 Å². The Bertz CT molecular complexity index is 544. The smallest absolute Gasteiger partial charge is 0.0236 e. The van der Waals surface area contributed by atoms with Gasteiger partial charge in [-0.3, -0.25) is 4.90 Å². The molecule has 0 N–H and O–H groups in total. The Hall–Kier alpha value is -1.34. The Morgan fingerprint density at radius 1 is 1.00 bits per heavy atom. The molecule has 0 radical (unpaired) electrons. The number of likely N-dealkylation sites (tertiary alicyclic amines) is 1. The molecule has 1 aliphatic rings. The Balaban J connectivity index is 0.00000133. The molecule has 18 heavy (non-hydrogen) atoms. The van der Waals surface area contributed by atoms with Crippen molar-refractivity contribution in [3.8, 4) is 0 Å².